The van der Waals surface area contributed by atoms with E-state index in [2.05, 4.69) is 19.2 Å². The highest BCUT2D eigenvalue weighted by atomic mass is 16.5. The molecule has 4 heteroatoms. The number of carbonyl (C=O) groups is 1. The zero-order valence-corrected chi connectivity index (χ0v) is 12.3. The Morgan fingerprint density at radius 3 is 2.40 bits per heavy atom. The molecule has 0 aliphatic heterocycles. The van der Waals surface area contributed by atoms with Gasteiger partial charge in [-0.25, -0.2) is 0 Å². The molecule has 20 heavy (non-hydrogen) atoms. The predicted octanol–water partition coefficient (Wildman–Crippen LogP) is 3.16. The van der Waals surface area contributed by atoms with Crippen molar-refractivity contribution in [3.63, 3.8) is 0 Å². The first-order chi connectivity index (χ1) is 9.74. The molecule has 0 atom stereocenters. The highest BCUT2D eigenvalue weighted by Gasteiger charge is 2.24. The molecule has 1 saturated carbocycles. The fourth-order valence-corrected chi connectivity index (χ4v) is 1.80. The van der Waals surface area contributed by atoms with Crippen molar-refractivity contribution >= 4 is 5.91 Å². The topological polar surface area (TPSA) is 47.6 Å². The summed E-state index contributed by atoms with van der Waals surface area (Å²) in [6.07, 6.45) is 4.04. The molecule has 1 aromatic carbocycles. The number of benzene rings is 1. The van der Waals surface area contributed by atoms with E-state index < -0.39 is 0 Å². The van der Waals surface area contributed by atoms with Crippen molar-refractivity contribution in [3.8, 4) is 11.5 Å². The Bertz CT molecular complexity index is 455. The zero-order valence-electron chi connectivity index (χ0n) is 12.3. The summed E-state index contributed by atoms with van der Waals surface area (Å²) >= 11 is 0. The molecule has 0 unspecified atom stereocenters. The largest absolute Gasteiger partial charge is 0.490 e. The molecule has 0 radical (unpaired) electrons. The van der Waals surface area contributed by atoms with Crippen LogP contribution in [0.15, 0.2) is 18.2 Å². The number of ether oxygens (including phenoxy) is 2. The predicted molar refractivity (Wildman–Crippen MR) is 78.5 cm³/mol. The molecular weight excluding hydrogens is 254 g/mol. The minimum absolute atomic E-state index is 0.0316. The maximum Gasteiger partial charge on any atom is 0.251 e. The van der Waals surface area contributed by atoms with E-state index in [9.17, 15) is 4.79 Å². The second-order valence-electron chi connectivity index (χ2n) is 5.11. The van der Waals surface area contributed by atoms with Gasteiger partial charge in [-0.3, -0.25) is 4.79 Å². The van der Waals surface area contributed by atoms with Gasteiger partial charge < -0.3 is 14.8 Å². The van der Waals surface area contributed by atoms with E-state index >= 15 is 0 Å². The van der Waals surface area contributed by atoms with Crippen LogP contribution < -0.4 is 14.8 Å². The maximum atomic E-state index is 12.0. The molecule has 1 N–H and O–H groups in total. The molecule has 2 rings (SSSR count). The van der Waals surface area contributed by atoms with Crippen LogP contribution in [-0.4, -0.2) is 25.2 Å². The SMILES string of the molecule is CCCOc1ccc(C(=O)NC2CC2)cc1OCCC. The minimum Gasteiger partial charge on any atom is -0.490 e. The van der Waals surface area contributed by atoms with Gasteiger partial charge in [0.25, 0.3) is 5.91 Å². The van der Waals surface area contributed by atoms with E-state index in [0.29, 0.717) is 36.3 Å². The van der Waals surface area contributed by atoms with Gasteiger partial charge in [-0.15, -0.1) is 0 Å². The normalized spacial score (nSPS) is 13.9. The maximum absolute atomic E-state index is 12.0. The second kappa shape index (κ2) is 7.17. The van der Waals surface area contributed by atoms with Crippen molar-refractivity contribution in [2.75, 3.05) is 13.2 Å². The van der Waals surface area contributed by atoms with Gasteiger partial charge in [0, 0.05) is 11.6 Å². The van der Waals surface area contributed by atoms with Crippen LogP contribution >= 0.6 is 0 Å². The number of carbonyl (C=O) groups excluding carboxylic acids is 1. The van der Waals surface area contributed by atoms with Gasteiger partial charge in [-0.2, -0.15) is 0 Å². The number of hydrogen-bond donors (Lipinski definition) is 1. The van der Waals surface area contributed by atoms with Gasteiger partial charge in [-0.05, 0) is 43.9 Å². The van der Waals surface area contributed by atoms with Crippen LogP contribution in [0.25, 0.3) is 0 Å². The van der Waals surface area contributed by atoms with E-state index in [-0.39, 0.29) is 5.91 Å². The summed E-state index contributed by atoms with van der Waals surface area (Å²) in [5.41, 5.74) is 0.631. The summed E-state index contributed by atoms with van der Waals surface area (Å²) in [4.78, 5) is 12.0. The fourth-order valence-electron chi connectivity index (χ4n) is 1.80. The van der Waals surface area contributed by atoms with Crippen LogP contribution in [0.3, 0.4) is 0 Å². The third-order valence-corrected chi connectivity index (χ3v) is 3.04. The summed E-state index contributed by atoms with van der Waals surface area (Å²) in [5, 5.41) is 2.98. The number of rotatable bonds is 8. The van der Waals surface area contributed by atoms with Crippen molar-refractivity contribution < 1.29 is 14.3 Å². The molecule has 1 aromatic rings. The molecule has 0 bridgehead atoms. The first-order valence-corrected chi connectivity index (χ1v) is 7.45. The molecule has 0 heterocycles. The standard InChI is InChI=1S/C16H23NO3/c1-3-9-19-14-8-5-12(11-15(14)20-10-4-2)16(18)17-13-6-7-13/h5,8,11,13H,3-4,6-7,9-10H2,1-2H3,(H,17,18). The summed E-state index contributed by atoms with van der Waals surface area (Å²) in [6.45, 7) is 5.38. The summed E-state index contributed by atoms with van der Waals surface area (Å²) < 4.78 is 11.3. The van der Waals surface area contributed by atoms with Gasteiger partial charge >= 0.3 is 0 Å². The van der Waals surface area contributed by atoms with E-state index in [0.717, 1.165) is 25.7 Å². The van der Waals surface area contributed by atoms with Crippen LogP contribution in [0, 0.1) is 0 Å². The third kappa shape index (κ3) is 4.15. The molecule has 1 amide bonds. The molecule has 0 spiro atoms. The number of nitrogens with one attached hydrogen (secondary N) is 1. The van der Waals surface area contributed by atoms with E-state index in [4.69, 9.17) is 9.47 Å². The Hall–Kier alpha value is -1.71. The van der Waals surface area contributed by atoms with Crippen LogP contribution in [0.4, 0.5) is 0 Å². The summed E-state index contributed by atoms with van der Waals surface area (Å²) in [6, 6.07) is 5.75. The van der Waals surface area contributed by atoms with Crippen molar-refractivity contribution in [2.24, 2.45) is 0 Å². The monoisotopic (exact) mass is 277 g/mol. The van der Waals surface area contributed by atoms with E-state index in [1.54, 1.807) is 12.1 Å². The van der Waals surface area contributed by atoms with Gasteiger partial charge in [0.15, 0.2) is 11.5 Å². The average molecular weight is 277 g/mol. The third-order valence-electron chi connectivity index (χ3n) is 3.04. The molecule has 0 aromatic heterocycles. The van der Waals surface area contributed by atoms with Gasteiger partial charge in [0.2, 0.25) is 0 Å². The van der Waals surface area contributed by atoms with E-state index in [1.807, 2.05) is 6.07 Å². The Kier molecular flexibility index (Phi) is 5.27. The molecule has 1 aliphatic rings. The molecule has 0 saturated heterocycles. The molecule has 110 valence electrons. The Balaban J connectivity index is 2.10. The Morgan fingerprint density at radius 1 is 1.15 bits per heavy atom. The highest BCUT2D eigenvalue weighted by molar-refractivity contribution is 5.95. The van der Waals surface area contributed by atoms with Crippen molar-refractivity contribution in [2.45, 2.75) is 45.6 Å². The second-order valence-corrected chi connectivity index (χ2v) is 5.11. The lowest BCUT2D eigenvalue weighted by atomic mass is 10.2. The minimum atomic E-state index is -0.0316. The van der Waals surface area contributed by atoms with Crippen LogP contribution in [0.2, 0.25) is 0 Å². The lowest BCUT2D eigenvalue weighted by molar-refractivity contribution is 0.0950. The quantitative estimate of drug-likeness (QED) is 0.794. The first-order valence-electron chi connectivity index (χ1n) is 7.45. The lowest BCUT2D eigenvalue weighted by Gasteiger charge is -2.13. The van der Waals surface area contributed by atoms with Crippen molar-refractivity contribution in [1.29, 1.82) is 0 Å². The molecule has 1 fully saturated rings. The van der Waals surface area contributed by atoms with Gasteiger partial charge in [0.05, 0.1) is 13.2 Å². The Labute approximate surface area is 120 Å². The number of hydrogen-bond acceptors (Lipinski definition) is 3. The zero-order chi connectivity index (χ0) is 14.4. The molecule has 4 nitrogen and oxygen atoms in total. The van der Waals surface area contributed by atoms with Crippen molar-refractivity contribution in [1.82, 2.24) is 5.32 Å². The first kappa shape index (κ1) is 14.7. The lowest BCUT2D eigenvalue weighted by Crippen LogP contribution is -2.25. The molecule has 1 aliphatic carbocycles. The van der Waals surface area contributed by atoms with Gasteiger partial charge in [0.1, 0.15) is 0 Å². The van der Waals surface area contributed by atoms with Crippen LogP contribution in [0.1, 0.15) is 49.9 Å². The smallest absolute Gasteiger partial charge is 0.251 e. The Morgan fingerprint density at radius 2 is 1.80 bits per heavy atom. The van der Waals surface area contributed by atoms with Gasteiger partial charge in [-0.1, -0.05) is 13.8 Å². The van der Waals surface area contributed by atoms with E-state index in [1.165, 1.54) is 0 Å². The van der Waals surface area contributed by atoms with Crippen LogP contribution in [-0.2, 0) is 0 Å². The fraction of sp³-hybridized carbons (Fsp3) is 0.562. The summed E-state index contributed by atoms with van der Waals surface area (Å²) in [5.74, 6) is 1.34. The highest BCUT2D eigenvalue weighted by Crippen LogP contribution is 2.29. The number of amides is 1. The average Bonchev–Trinajstić information content (AvgIpc) is 3.27. The van der Waals surface area contributed by atoms with Crippen molar-refractivity contribution in [3.05, 3.63) is 23.8 Å². The summed E-state index contributed by atoms with van der Waals surface area (Å²) in [7, 11) is 0. The molecular formula is C16H23NO3. The van der Waals surface area contributed by atoms with Crippen LogP contribution in [0.5, 0.6) is 11.5 Å².